The lowest BCUT2D eigenvalue weighted by molar-refractivity contribution is -0.125. The molecule has 1 amide bonds. The highest BCUT2D eigenvalue weighted by Gasteiger charge is 2.29. The Morgan fingerprint density at radius 2 is 2.14 bits per heavy atom. The lowest BCUT2D eigenvalue weighted by Gasteiger charge is -2.37. The van der Waals surface area contributed by atoms with Gasteiger partial charge in [-0.05, 0) is 56.1 Å². The van der Waals surface area contributed by atoms with E-state index in [1.807, 2.05) is 0 Å². The zero-order valence-electron chi connectivity index (χ0n) is 17.2. The number of carbonyl (C=O) groups is 1. The van der Waals surface area contributed by atoms with Crippen LogP contribution < -0.4 is 10.2 Å². The van der Waals surface area contributed by atoms with Gasteiger partial charge in [0.05, 0.1) is 18.2 Å². The minimum absolute atomic E-state index is 0.0103. The van der Waals surface area contributed by atoms with Crippen LogP contribution in [-0.4, -0.2) is 53.5 Å². The first-order valence-corrected chi connectivity index (χ1v) is 11.6. The fourth-order valence-electron chi connectivity index (χ4n) is 4.43. The van der Waals surface area contributed by atoms with Crippen LogP contribution in [0.25, 0.3) is 0 Å². The number of anilines is 1. The number of thiophene rings is 1. The molecule has 7 heteroatoms. The number of likely N-dealkylation sites (tertiary alicyclic amines) is 1. The summed E-state index contributed by atoms with van der Waals surface area (Å²) in [6.07, 6.45) is 9.61. The predicted octanol–water partition coefficient (Wildman–Crippen LogP) is 3.34. The predicted molar refractivity (Wildman–Crippen MR) is 117 cm³/mol. The van der Waals surface area contributed by atoms with E-state index in [1.165, 1.54) is 17.7 Å². The Kier molecular flexibility index (Phi) is 6.77. The third-order valence-corrected chi connectivity index (χ3v) is 7.24. The number of hydrogen-bond acceptors (Lipinski definition) is 6. The first-order valence-electron chi connectivity index (χ1n) is 10.8. The Bertz CT molecular complexity index is 761. The van der Waals surface area contributed by atoms with Gasteiger partial charge in [0.15, 0.2) is 0 Å². The van der Waals surface area contributed by atoms with Crippen LogP contribution in [0.2, 0.25) is 0 Å². The topological polar surface area (TPSA) is 61.4 Å². The molecule has 0 aromatic carbocycles. The summed E-state index contributed by atoms with van der Waals surface area (Å²) in [7, 11) is 0. The quantitative estimate of drug-likeness (QED) is 0.787. The summed E-state index contributed by atoms with van der Waals surface area (Å²) in [5.74, 6) is 1.85. The highest BCUT2D eigenvalue weighted by Crippen LogP contribution is 2.29. The summed E-state index contributed by atoms with van der Waals surface area (Å²) >= 11 is 1.79. The molecule has 4 rings (SSSR count). The van der Waals surface area contributed by atoms with Gasteiger partial charge in [-0.2, -0.15) is 0 Å². The lowest BCUT2D eigenvalue weighted by Crippen LogP contribution is -2.46. The molecule has 2 atom stereocenters. The van der Waals surface area contributed by atoms with Crippen molar-refractivity contribution in [2.24, 2.45) is 11.8 Å². The second-order valence-corrected chi connectivity index (χ2v) is 9.32. The number of nitrogens with zero attached hydrogens (tertiary/aromatic N) is 4. The summed E-state index contributed by atoms with van der Waals surface area (Å²) in [6, 6.07) is 4.60. The van der Waals surface area contributed by atoms with Gasteiger partial charge in [0, 0.05) is 36.9 Å². The third-order valence-electron chi connectivity index (χ3n) is 6.27. The van der Waals surface area contributed by atoms with E-state index >= 15 is 0 Å². The molecule has 0 aliphatic carbocycles. The monoisotopic (exact) mass is 413 g/mol. The molecule has 0 saturated carbocycles. The molecule has 2 saturated heterocycles. The summed E-state index contributed by atoms with van der Waals surface area (Å²) in [6.45, 7) is 6.91. The van der Waals surface area contributed by atoms with Crippen LogP contribution in [0.5, 0.6) is 0 Å². The molecule has 156 valence electrons. The molecule has 0 radical (unpaired) electrons. The molecule has 0 bridgehead atoms. The molecular weight excluding hydrogens is 382 g/mol. The molecule has 2 fully saturated rings. The average Bonchev–Trinajstić information content (AvgIpc) is 3.30. The van der Waals surface area contributed by atoms with Crippen molar-refractivity contribution >= 4 is 23.1 Å². The van der Waals surface area contributed by atoms with Crippen LogP contribution in [0.15, 0.2) is 36.1 Å². The van der Waals surface area contributed by atoms with Crippen LogP contribution in [0.1, 0.15) is 43.5 Å². The maximum absolute atomic E-state index is 13.0. The Labute approximate surface area is 177 Å². The summed E-state index contributed by atoms with van der Waals surface area (Å²) in [5.41, 5.74) is 0. The molecule has 1 N–H and O–H groups in total. The first kappa shape index (κ1) is 20.3. The molecule has 2 aliphatic heterocycles. The molecule has 2 aromatic rings. The van der Waals surface area contributed by atoms with Gasteiger partial charge >= 0.3 is 0 Å². The number of amides is 1. The van der Waals surface area contributed by atoms with Crippen LogP contribution >= 0.6 is 11.3 Å². The average molecular weight is 414 g/mol. The molecule has 2 aromatic heterocycles. The van der Waals surface area contributed by atoms with Crippen LogP contribution in [0, 0.1) is 11.8 Å². The molecule has 4 heterocycles. The van der Waals surface area contributed by atoms with Crippen molar-refractivity contribution in [3.05, 3.63) is 41.0 Å². The SMILES string of the molecule is CC1CCN([C@H](CNC(=O)[C@H]2CCCN(c3cnccn3)C2)c2cccs2)CC1. The van der Waals surface area contributed by atoms with Crippen molar-refractivity contribution in [1.82, 2.24) is 20.2 Å². The summed E-state index contributed by atoms with van der Waals surface area (Å²) in [5, 5.41) is 5.42. The minimum atomic E-state index is 0.0103. The zero-order valence-corrected chi connectivity index (χ0v) is 18.0. The standard InChI is InChI=1S/C22H31N5OS/c1-17-6-11-26(12-7-17)19(20-5-3-13-29-20)14-25-22(28)18-4-2-10-27(16-18)21-15-23-8-9-24-21/h3,5,8-9,13,15,17-19H,2,4,6-7,10-12,14,16H2,1H3,(H,25,28)/t18-,19+/m0/s1. The Hall–Kier alpha value is -1.99. The molecule has 0 unspecified atom stereocenters. The van der Waals surface area contributed by atoms with E-state index in [-0.39, 0.29) is 17.9 Å². The van der Waals surface area contributed by atoms with Gasteiger partial charge in [-0.15, -0.1) is 11.3 Å². The van der Waals surface area contributed by atoms with Crippen molar-refractivity contribution in [2.45, 2.75) is 38.6 Å². The number of piperidine rings is 2. The van der Waals surface area contributed by atoms with E-state index < -0.39 is 0 Å². The van der Waals surface area contributed by atoms with Gasteiger partial charge in [-0.1, -0.05) is 13.0 Å². The summed E-state index contributed by atoms with van der Waals surface area (Å²) < 4.78 is 0. The van der Waals surface area contributed by atoms with E-state index in [0.29, 0.717) is 6.54 Å². The zero-order chi connectivity index (χ0) is 20.1. The van der Waals surface area contributed by atoms with Crippen molar-refractivity contribution in [3.63, 3.8) is 0 Å². The maximum atomic E-state index is 13.0. The maximum Gasteiger partial charge on any atom is 0.224 e. The fourth-order valence-corrected chi connectivity index (χ4v) is 5.29. The van der Waals surface area contributed by atoms with E-state index in [1.54, 1.807) is 29.9 Å². The minimum Gasteiger partial charge on any atom is -0.355 e. The van der Waals surface area contributed by atoms with Gasteiger partial charge < -0.3 is 10.2 Å². The molecule has 6 nitrogen and oxygen atoms in total. The highest BCUT2D eigenvalue weighted by atomic mass is 32.1. The van der Waals surface area contributed by atoms with Crippen molar-refractivity contribution < 1.29 is 4.79 Å². The molecule has 2 aliphatic rings. The Balaban J connectivity index is 1.36. The number of hydrogen-bond donors (Lipinski definition) is 1. The van der Waals surface area contributed by atoms with Gasteiger partial charge in [-0.25, -0.2) is 4.98 Å². The van der Waals surface area contributed by atoms with Crippen molar-refractivity contribution in [3.8, 4) is 0 Å². The van der Waals surface area contributed by atoms with Crippen LogP contribution in [-0.2, 0) is 4.79 Å². The largest absolute Gasteiger partial charge is 0.355 e. The second-order valence-electron chi connectivity index (χ2n) is 8.34. The Morgan fingerprint density at radius 1 is 1.28 bits per heavy atom. The van der Waals surface area contributed by atoms with Crippen molar-refractivity contribution in [1.29, 1.82) is 0 Å². The molecular formula is C22H31N5OS. The summed E-state index contributed by atoms with van der Waals surface area (Å²) in [4.78, 5) is 27.6. The van der Waals surface area contributed by atoms with E-state index in [0.717, 1.165) is 50.8 Å². The van der Waals surface area contributed by atoms with Crippen molar-refractivity contribution in [2.75, 3.05) is 37.6 Å². The van der Waals surface area contributed by atoms with Crippen LogP contribution in [0.3, 0.4) is 0 Å². The Morgan fingerprint density at radius 3 is 2.86 bits per heavy atom. The van der Waals surface area contributed by atoms with E-state index in [2.05, 4.69) is 49.5 Å². The van der Waals surface area contributed by atoms with Gasteiger partial charge in [0.2, 0.25) is 5.91 Å². The number of rotatable bonds is 6. The normalized spacial score (nSPS) is 22.4. The van der Waals surface area contributed by atoms with E-state index in [9.17, 15) is 4.79 Å². The molecule has 29 heavy (non-hydrogen) atoms. The van der Waals surface area contributed by atoms with E-state index in [4.69, 9.17) is 0 Å². The number of aromatic nitrogens is 2. The lowest BCUT2D eigenvalue weighted by atomic mass is 9.96. The van der Waals surface area contributed by atoms with Gasteiger partial charge in [0.1, 0.15) is 5.82 Å². The first-order chi connectivity index (χ1) is 14.2. The highest BCUT2D eigenvalue weighted by molar-refractivity contribution is 7.10. The molecule has 0 spiro atoms. The van der Waals surface area contributed by atoms with Gasteiger partial charge in [0.25, 0.3) is 0 Å². The third kappa shape index (κ3) is 5.14. The smallest absolute Gasteiger partial charge is 0.224 e. The van der Waals surface area contributed by atoms with Gasteiger partial charge in [-0.3, -0.25) is 14.7 Å². The fraction of sp³-hybridized carbons (Fsp3) is 0.591. The number of nitrogens with one attached hydrogen (secondary N) is 1. The van der Waals surface area contributed by atoms with Crippen LogP contribution in [0.4, 0.5) is 5.82 Å². The number of carbonyl (C=O) groups excluding carboxylic acids is 1. The second kappa shape index (κ2) is 9.67.